The molecule has 0 amide bonds. The molecule has 5 N–H and O–H groups in total. The summed E-state index contributed by atoms with van der Waals surface area (Å²) < 4.78 is 48.1. The van der Waals surface area contributed by atoms with Crippen molar-refractivity contribution >= 4 is 70.0 Å². The van der Waals surface area contributed by atoms with Crippen molar-refractivity contribution in [3.63, 3.8) is 0 Å². The number of methoxy groups -OCH3 is 2. The van der Waals surface area contributed by atoms with Gasteiger partial charge in [-0.25, -0.2) is 8.78 Å². The molecule has 380 valence electrons. The lowest BCUT2D eigenvalue weighted by Crippen LogP contribution is -2.21. The van der Waals surface area contributed by atoms with Gasteiger partial charge in [-0.2, -0.15) is 29.9 Å². The maximum absolute atomic E-state index is 13.7. The Morgan fingerprint density at radius 1 is 0.549 bits per heavy atom. The first kappa shape index (κ1) is 54.3. The van der Waals surface area contributed by atoms with Crippen LogP contribution in [0.1, 0.15) is 89.0 Å². The maximum atomic E-state index is 13.7. The number of nitrogens with one attached hydrogen (secondary N) is 4. The molecule has 2 aliphatic rings. The molecule has 4 aromatic carbocycles. The lowest BCUT2D eigenvalue weighted by Gasteiger charge is -2.17. The van der Waals surface area contributed by atoms with Gasteiger partial charge in [0, 0.05) is 30.1 Å². The number of hydrogen-bond donors (Lipinski definition) is 5. The SMILES string of the molecule is COc1ccc(Nc2nc(Cl)nc(NC3CCCCCC3)n2)cc1Cl.COc1ccc(Nc2nc(NC3CCCCCC3)nc(OCCOc3ccccc3F)n2)cc1Cl.OCCCc1ccccc1F. The number of hydrogen-bond acceptors (Lipinski definition) is 15. The topological polar surface area (TPSA) is 183 Å². The van der Waals surface area contributed by atoms with Crippen molar-refractivity contribution in [2.24, 2.45) is 0 Å². The fraction of sp³-hybridized carbons (Fsp3) is 0.412. The van der Waals surface area contributed by atoms with E-state index in [9.17, 15) is 8.78 Å². The van der Waals surface area contributed by atoms with E-state index in [2.05, 4.69) is 51.2 Å². The zero-order valence-corrected chi connectivity index (χ0v) is 42.2. The molecule has 15 nitrogen and oxygen atoms in total. The van der Waals surface area contributed by atoms with Gasteiger partial charge in [-0.1, -0.05) is 105 Å². The van der Waals surface area contributed by atoms with Gasteiger partial charge in [-0.3, -0.25) is 0 Å². The summed E-state index contributed by atoms with van der Waals surface area (Å²) in [5, 5.41) is 22.7. The maximum Gasteiger partial charge on any atom is 0.323 e. The number of benzene rings is 4. The van der Waals surface area contributed by atoms with E-state index in [1.807, 2.05) is 12.1 Å². The first-order valence-corrected chi connectivity index (χ1v) is 25.0. The van der Waals surface area contributed by atoms with E-state index in [-0.39, 0.29) is 42.7 Å². The van der Waals surface area contributed by atoms with Crippen LogP contribution in [0.2, 0.25) is 15.3 Å². The highest BCUT2D eigenvalue weighted by molar-refractivity contribution is 6.32. The molecule has 2 saturated carbocycles. The molecule has 2 aromatic heterocycles. The van der Waals surface area contributed by atoms with E-state index in [1.54, 1.807) is 74.9 Å². The van der Waals surface area contributed by atoms with Crippen LogP contribution in [0.4, 0.5) is 43.9 Å². The van der Waals surface area contributed by atoms with Crippen molar-refractivity contribution < 1.29 is 32.8 Å². The van der Waals surface area contributed by atoms with Gasteiger partial charge >= 0.3 is 6.01 Å². The van der Waals surface area contributed by atoms with Crippen LogP contribution in [0.25, 0.3) is 0 Å². The number of aliphatic hydroxyl groups is 1. The van der Waals surface area contributed by atoms with Crippen molar-refractivity contribution in [3.05, 3.63) is 117 Å². The smallest absolute Gasteiger partial charge is 0.323 e. The van der Waals surface area contributed by atoms with Crippen LogP contribution in [0.3, 0.4) is 0 Å². The second kappa shape index (κ2) is 29.4. The Labute approximate surface area is 428 Å². The summed E-state index contributed by atoms with van der Waals surface area (Å²) >= 11 is 18.5. The van der Waals surface area contributed by atoms with Gasteiger partial charge in [-0.05, 0) is 110 Å². The van der Waals surface area contributed by atoms with Crippen LogP contribution in [-0.2, 0) is 6.42 Å². The summed E-state index contributed by atoms with van der Waals surface area (Å²) in [5.41, 5.74) is 2.12. The zero-order valence-electron chi connectivity index (χ0n) is 39.9. The van der Waals surface area contributed by atoms with Crippen molar-refractivity contribution in [2.45, 2.75) is 102 Å². The monoisotopic (exact) mass is 1040 g/mol. The van der Waals surface area contributed by atoms with Crippen LogP contribution >= 0.6 is 34.8 Å². The van der Waals surface area contributed by atoms with Gasteiger partial charge in [0.15, 0.2) is 11.6 Å². The lowest BCUT2D eigenvalue weighted by molar-refractivity contribution is 0.201. The van der Waals surface area contributed by atoms with Crippen molar-refractivity contribution in [2.75, 3.05) is 55.3 Å². The van der Waals surface area contributed by atoms with Gasteiger partial charge in [0.2, 0.25) is 29.1 Å². The quantitative estimate of drug-likeness (QED) is 0.0405. The fourth-order valence-electron chi connectivity index (χ4n) is 7.79. The predicted molar refractivity (Wildman–Crippen MR) is 277 cm³/mol. The van der Waals surface area contributed by atoms with Crippen molar-refractivity contribution in [1.82, 2.24) is 29.9 Å². The summed E-state index contributed by atoms with van der Waals surface area (Å²) in [7, 11) is 3.14. The standard InChI is InChI=1S/C25H29ClFN5O3.C17H21Cl2N5O.C9H11FO/c1-33-21-13-12-18(16-19(21)26)29-24-30-23(28-17-8-4-2-3-5-9-17)31-25(32-24)35-15-14-34-22-11-7-6-10-20(22)27;1-25-14-9-8-12(10-13(14)18)21-17-23-15(19)22-16(24-17)20-11-6-4-2-3-5-7-11;10-9-6-2-1-4-8(9)5-3-7-11/h6-7,10-13,16-17H,2-5,8-9,14-15H2,1H3,(H2,28,29,30,31,32);8-11H,2-7H2,1H3,(H2,20,21,22,23,24);1-2,4,6,11H,3,5,7H2. The molecule has 0 bridgehead atoms. The molecule has 71 heavy (non-hydrogen) atoms. The largest absolute Gasteiger partial charge is 0.495 e. The molecular formula is C51H61Cl3F2N10O5. The Morgan fingerprint density at radius 3 is 1.55 bits per heavy atom. The number of anilines is 6. The molecule has 2 fully saturated rings. The highest BCUT2D eigenvalue weighted by Gasteiger charge is 2.18. The second-order valence-corrected chi connectivity index (χ2v) is 17.8. The van der Waals surface area contributed by atoms with Crippen LogP contribution in [-0.4, -0.2) is 81.1 Å². The minimum Gasteiger partial charge on any atom is -0.495 e. The molecule has 20 heteroatoms. The molecule has 2 aliphatic carbocycles. The molecule has 0 aliphatic heterocycles. The number of nitrogens with zero attached hydrogens (tertiary/aromatic N) is 6. The van der Waals surface area contributed by atoms with E-state index >= 15 is 0 Å². The number of ether oxygens (including phenoxy) is 4. The fourth-order valence-corrected chi connectivity index (χ4v) is 8.46. The summed E-state index contributed by atoms with van der Waals surface area (Å²) in [4.78, 5) is 26.1. The van der Waals surface area contributed by atoms with Gasteiger partial charge in [-0.15, -0.1) is 0 Å². The number of aromatic nitrogens is 6. The van der Waals surface area contributed by atoms with E-state index < -0.39 is 5.82 Å². The number of aliphatic hydroxyl groups excluding tert-OH is 1. The highest BCUT2D eigenvalue weighted by atomic mass is 35.5. The van der Waals surface area contributed by atoms with Gasteiger partial charge in [0.25, 0.3) is 0 Å². The molecule has 2 heterocycles. The number of para-hydroxylation sites is 1. The summed E-state index contributed by atoms with van der Waals surface area (Å²) in [6, 6.07) is 24.3. The molecule has 0 saturated heterocycles. The Bertz CT molecular complexity index is 2560. The molecule has 0 radical (unpaired) electrons. The van der Waals surface area contributed by atoms with E-state index in [1.165, 1.54) is 63.5 Å². The van der Waals surface area contributed by atoms with Crippen LogP contribution in [0.15, 0.2) is 84.9 Å². The molecule has 6 aromatic rings. The van der Waals surface area contributed by atoms with E-state index in [0.717, 1.165) is 31.4 Å². The Morgan fingerprint density at radius 2 is 1.03 bits per heavy atom. The second-order valence-electron chi connectivity index (χ2n) is 16.7. The summed E-state index contributed by atoms with van der Waals surface area (Å²) in [5.74, 6) is 2.35. The molecule has 8 rings (SSSR count). The first-order valence-electron chi connectivity index (χ1n) is 23.8. The number of aryl methyl sites for hydroxylation is 1. The van der Waals surface area contributed by atoms with E-state index in [4.69, 9.17) is 58.9 Å². The third-order valence-electron chi connectivity index (χ3n) is 11.4. The van der Waals surface area contributed by atoms with Crippen molar-refractivity contribution in [1.29, 1.82) is 0 Å². The Kier molecular flexibility index (Phi) is 22.5. The first-order chi connectivity index (χ1) is 34.6. The molecule has 0 unspecified atom stereocenters. The van der Waals surface area contributed by atoms with E-state index in [0.29, 0.717) is 81.5 Å². The number of halogens is 5. The van der Waals surface area contributed by atoms with Crippen LogP contribution in [0, 0.1) is 11.6 Å². The average Bonchev–Trinajstić information content (AvgIpc) is 3.79. The van der Waals surface area contributed by atoms with Gasteiger partial charge in [0.1, 0.15) is 30.5 Å². The zero-order chi connectivity index (χ0) is 50.2. The molecular weight excluding hydrogens is 977 g/mol. The molecule has 0 atom stereocenters. The Balaban J connectivity index is 0.000000198. The Hall–Kier alpha value is -6.01. The average molecular weight is 1040 g/mol. The van der Waals surface area contributed by atoms with Crippen LogP contribution in [0.5, 0.6) is 23.3 Å². The lowest BCUT2D eigenvalue weighted by atomic mass is 10.1. The minimum absolute atomic E-state index is 0.119. The van der Waals surface area contributed by atoms with Crippen molar-refractivity contribution in [3.8, 4) is 23.3 Å². The predicted octanol–water partition coefficient (Wildman–Crippen LogP) is 12.8. The number of rotatable bonds is 18. The minimum atomic E-state index is -0.424. The third kappa shape index (κ3) is 18.6. The highest BCUT2D eigenvalue weighted by Crippen LogP contribution is 2.31. The summed E-state index contributed by atoms with van der Waals surface area (Å²) in [6.07, 6.45) is 15.5. The third-order valence-corrected chi connectivity index (χ3v) is 12.1. The van der Waals surface area contributed by atoms with Gasteiger partial charge < -0.3 is 45.3 Å². The normalized spacial score (nSPS) is 14.0. The molecule has 0 spiro atoms. The van der Waals surface area contributed by atoms with Gasteiger partial charge in [0.05, 0.1) is 24.3 Å². The summed E-state index contributed by atoms with van der Waals surface area (Å²) in [6.45, 7) is 0.387. The van der Waals surface area contributed by atoms with Crippen LogP contribution < -0.4 is 40.2 Å².